The number of anilines is 1. The Kier molecular flexibility index (Phi) is 4.15. The fourth-order valence-corrected chi connectivity index (χ4v) is 2.57. The van der Waals surface area contributed by atoms with E-state index in [0.717, 1.165) is 19.5 Å². The summed E-state index contributed by atoms with van der Waals surface area (Å²) in [6.07, 6.45) is 2.94. The molecule has 2 nitrogen and oxygen atoms in total. The van der Waals surface area contributed by atoms with Gasteiger partial charge in [-0.1, -0.05) is 12.1 Å². The maximum absolute atomic E-state index is 4.10. The van der Waals surface area contributed by atoms with E-state index in [4.69, 9.17) is 0 Å². The molecule has 3 heteroatoms. The van der Waals surface area contributed by atoms with Crippen LogP contribution in [-0.2, 0) is 6.42 Å². The molecule has 0 atom stereocenters. The summed E-state index contributed by atoms with van der Waals surface area (Å²) in [4.78, 5) is 7.78. The first-order valence-electron chi connectivity index (χ1n) is 6.04. The maximum Gasteiger partial charge on any atom is 0.0794 e. The number of aromatic nitrogens is 1. The van der Waals surface area contributed by atoms with Crippen molar-refractivity contribution in [2.45, 2.75) is 20.3 Å². The van der Waals surface area contributed by atoms with Gasteiger partial charge in [0.15, 0.2) is 0 Å². The molecule has 0 saturated heterocycles. The number of thiazole rings is 1. The van der Waals surface area contributed by atoms with Crippen molar-refractivity contribution in [1.29, 1.82) is 0 Å². The van der Waals surface area contributed by atoms with Gasteiger partial charge < -0.3 is 4.90 Å². The van der Waals surface area contributed by atoms with E-state index in [-0.39, 0.29) is 0 Å². The Bertz CT molecular complexity index is 430. The highest BCUT2D eigenvalue weighted by molar-refractivity contribution is 7.09. The summed E-state index contributed by atoms with van der Waals surface area (Å²) in [5, 5.41) is 0. The highest BCUT2D eigenvalue weighted by Crippen LogP contribution is 2.18. The lowest BCUT2D eigenvalue weighted by molar-refractivity contribution is 0.866. The van der Waals surface area contributed by atoms with Crippen LogP contribution >= 0.6 is 11.3 Å². The van der Waals surface area contributed by atoms with Gasteiger partial charge in [-0.05, 0) is 31.5 Å². The molecule has 0 radical (unpaired) electrons. The van der Waals surface area contributed by atoms with Crippen LogP contribution in [0.1, 0.15) is 24.3 Å². The Morgan fingerprint density at radius 2 is 1.82 bits per heavy atom. The Morgan fingerprint density at radius 1 is 1.12 bits per heavy atom. The van der Waals surface area contributed by atoms with E-state index in [9.17, 15) is 0 Å². The van der Waals surface area contributed by atoms with Crippen LogP contribution in [0, 0.1) is 0 Å². The largest absolute Gasteiger partial charge is 0.372 e. The third kappa shape index (κ3) is 3.07. The SMILES string of the molecule is CCN(CC)c1ccc(Cc2cncs2)cc1. The van der Waals surface area contributed by atoms with Crippen molar-refractivity contribution in [2.24, 2.45) is 0 Å². The molecule has 2 aromatic rings. The summed E-state index contributed by atoms with van der Waals surface area (Å²) in [7, 11) is 0. The zero-order chi connectivity index (χ0) is 12.1. The van der Waals surface area contributed by atoms with Crippen LogP contribution in [0.15, 0.2) is 36.0 Å². The van der Waals surface area contributed by atoms with Crippen LogP contribution in [0.25, 0.3) is 0 Å². The average Bonchev–Trinajstić information content (AvgIpc) is 2.86. The van der Waals surface area contributed by atoms with E-state index >= 15 is 0 Å². The molecule has 2 rings (SSSR count). The second-order valence-electron chi connectivity index (χ2n) is 3.98. The molecule has 0 saturated carbocycles. The van der Waals surface area contributed by atoms with Crippen LogP contribution in [0.2, 0.25) is 0 Å². The Balaban J connectivity index is 2.07. The van der Waals surface area contributed by atoms with E-state index in [1.807, 2.05) is 11.7 Å². The molecule has 0 aliphatic heterocycles. The van der Waals surface area contributed by atoms with Gasteiger partial charge in [0.2, 0.25) is 0 Å². The summed E-state index contributed by atoms with van der Waals surface area (Å²) in [6.45, 7) is 6.50. The molecule has 0 fully saturated rings. The lowest BCUT2D eigenvalue weighted by Gasteiger charge is -2.21. The Labute approximate surface area is 107 Å². The van der Waals surface area contributed by atoms with Gasteiger partial charge in [-0.3, -0.25) is 4.98 Å². The first kappa shape index (κ1) is 12.1. The van der Waals surface area contributed by atoms with Crippen molar-refractivity contribution in [3.05, 3.63) is 46.4 Å². The maximum atomic E-state index is 4.10. The fraction of sp³-hybridized carbons (Fsp3) is 0.357. The predicted molar refractivity (Wildman–Crippen MR) is 74.9 cm³/mol. The summed E-state index contributed by atoms with van der Waals surface area (Å²) in [5.74, 6) is 0. The number of nitrogens with zero attached hydrogens (tertiary/aromatic N) is 2. The number of rotatable bonds is 5. The number of benzene rings is 1. The molecule has 0 N–H and O–H groups in total. The van der Waals surface area contributed by atoms with E-state index < -0.39 is 0 Å². The van der Waals surface area contributed by atoms with E-state index in [1.165, 1.54) is 16.1 Å². The van der Waals surface area contributed by atoms with E-state index in [0.29, 0.717) is 0 Å². The third-order valence-electron chi connectivity index (χ3n) is 2.93. The van der Waals surface area contributed by atoms with Crippen molar-refractivity contribution in [2.75, 3.05) is 18.0 Å². The summed E-state index contributed by atoms with van der Waals surface area (Å²) < 4.78 is 0. The van der Waals surface area contributed by atoms with Gasteiger partial charge in [-0.2, -0.15) is 0 Å². The summed E-state index contributed by atoms with van der Waals surface area (Å²) >= 11 is 1.72. The van der Waals surface area contributed by atoms with Crippen molar-refractivity contribution < 1.29 is 0 Å². The molecular formula is C14H18N2S. The minimum atomic E-state index is 0.989. The molecule has 0 bridgehead atoms. The first-order chi connectivity index (χ1) is 8.33. The molecule has 1 aromatic heterocycles. The van der Waals surface area contributed by atoms with Gasteiger partial charge in [0.05, 0.1) is 5.51 Å². The Morgan fingerprint density at radius 3 is 2.35 bits per heavy atom. The van der Waals surface area contributed by atoms with Crippen LogP contribution in [0.5, 0.6) is 0 Å². The summed E-state index contributed by atoms with van der Waals surface area (Å²) in [5.41, 5.74) is 4.55. The molecule has 1 aromatic carbocycles. The predicted octanol–water partition coefficient (Wildman–Crippen LogP) is 3.58. The quantitative estimate of drug-likeness (QED) is 0.801. The van der Waals surface area contributed by atoms with Crippen LogP contribution in [0.3, 0.4) is 0 Å². The number of hydrogen-bond acceptors (Lipinski definition) is 3. The van der Waals surface area contributed by atoms with Crippen molar-refractivity contribution in [1.82, 2.24) is 4.98 Å². The van der Waals surface area contributed by atoms with Crippen molar-refractivity contribution in [3.63, 3.8) is 0 Å². The average molecular weight is 246 g/mol. The monoisotopic (exact) mass is 246 g/mol. The van der Waals surface area contributed by atoms with Gasteiger partial charge in [0.1, 0.15) is 0 Å². The van der Waals surface area contributed by atoms with Crippen molar-refractivity contribution in [3.8, 4) is 0 Å². The highest BCUT2D eigenvalue weighted by Gasteiger charge is 2.02. The van der Waals surface area contributed by atoms with Crippen molar-refractivity contribution >= 4 is 17.0 Å². The standard InChI is InChI=1S/C14H18N2S/c1-3-16(4-2)13-7-5-12(6-8-13)9-14-10-15-11-17-14/h5-8,10-11H,3-4,9H2,1-2H3. The molecule has 90 valence electrons. The molecule has 0 unspecified atom stereocenters. The minimum absolute atomic E-state index is 0.989. The lowest BCUT2D eigenvalue weighted by Crippen LogP contribution is -2.21. The molecule has 0 amide bonds. The zero-order valence-electron chi connectivity index (χ0n) is 10.4. The number of hydrogen-bond donors (Lipinski definition) is 0. The smallest absolute Gasteiger partial charge is 0.0794 e. The molecule has 0 aliphatic carbocycles. The Hall–Kier alpha value is -1.35. The van der Waals surface area contributed by atoms with Crippen LogP contribution < -0.4 is 4.90 Å². The van der Waals surface area contributed by atoms with Gasteiger partial charge in [-0.15, -0.1) is 11.3 Å². The third-order valence-corrected chi connectivity index (χ3v) is 3.71. The topological polar surface area (TPSA) is 16.1 Å². The van der Waals surface area contributed by atoms with Gasteiger partial charge in [-0.25, -0.2) is 0 Å². The summed E-state index contributed by atoms with van der Waals surface area (Å²) in [6, 6.07) is 8.85. The van der Waals surface area contributed by atoms with Crippen LogP contribution in [-0.4, -0.2) is 18.1 Å². The lowest BCUT2D eigenvalue weighted by atomic mass is 10.1. The molecule has 0 spiro atoms. The van der Waals surface area contributed by atoms with Gasteiger partial charge in [0, 0.05) is 36.3 Å². The van der Waals surface area contributed by atoms with Gasteiger partial charge in [0.25, 0.3) is 0 Å². The second-order valence-corrected chi connectivity index (χ2v) is 4.95. The van der Waals surface area contributed by atoms with E-state index in [2.05, 4.69) is 48.0 Å². The molecule has 0 aliphatic rings. The fourth-order valence-electron chi connectivity index (χ4n) is 1.94. The normalized spacial score (nSPS) is 10.5. The zero-order valence-corrected chi connectivity index (χ0v) is 11.2. The molecule has 17 heavy (non-hydrogen) atoms. The molecule has 1 heterocycles. The first-order valence-corrected chi connectivity index (χ1v) is 6.92. The van der Waals surface area contributed by atoms with Gasteiger partial charge >= 0.3 is 0 Å². The minimum Gasteiger partial charge on any atom is -0.372 e. The van der Waals surface area contributed by atoms with Crippen LogP contribution in [0.4, 0.5) is 5.69 Å². The second kappa shape index (κ2) is 5.82. The molecular weight excluding hydrogens is 228 g/mol. The van der Waals surface area contributed by atoms with E-state index in [1.54, 1.807) is 11.3 Å². The highest BCUT2D eigenvalue weighted by atomic mass is 32.1.